The van der Waals surface area contributed by atoms with Gasteiger partial charge in [-0.1, -0.05) is 121 Å². The Morgan fingerprint density at radius 3 is 1.67 bits per heavy atom. The summed E-state index contributed by atoms with van der Waals surface area (Å²) in [5.41, 5.74) is 7.07. The lowest BCUT2D eigenvalue weighted by Gasteiger charge is -2.24. The van der Waals surface area contributed by atoms with Gasteiger partial charge in [-0.05, 0) is 18.2 Å². The van der Waals surface area contributed by atoms with E-state index in [0.717, 1.165) is 56.5 Å². The Labute approximate surface area is 226 Å². The van der Waals surface area contributed by atoms with Gasteiger partial charge in [0.1, 0.15) is 17.5 Å². The van der Waals surface area contributed by atoms with Crippen molar-refractivity contribution in [2.45, 2.75) is 6.17 Å². The molecule has 1 aliphatic heterocycles. The molecule has 0 amide bonds. The fourth-order valence-corrected chi connectivity index (χ4v) is 5.03. The number of rotatable bonds is 5. The monoisotopic (exact) mass is 503 g/mol. The average molecular weight is 504 g/mol. The van der Waals surface area contributed by atoms with Gasteiger partial charge >= 0.3 is 0 Å². The van der Waals surface area contributed by atoms with Crippen molar-refractivity contribution < 1.29 is 0 Å². The number of benzene rings is 5. The number of nitrogens with zero attached hydrogens (tertiary/aromatic N) is 4. The summed E-state index contributed by atoms with van der Waals surface area (Å²) >= 11 is 0. The van der Waals surface area contributed by atoms with Crippen LogP contribution in [-0.2, 0) is 0 Å². The van der Waals surface area contributed by atoms with E-state index in [4.69, 9.17) is 15.0 Å². The van der Waals surface area contributed by atoms with Crippen LogP contribution in [0.5, 0.6) is 0 Å². The molecular weight excluding hydrogens is 478 g/mol. The molecule has 186 valence electrons. The van der Waals surface area contributed by atoms with Crippen LogP contribution in [0.25, 0.3) is 28.1 Å². The van der Waals surface area contributed by atoms with Gasteiger partial charge in [0.25, 0.3) is 0 Å². The maximum atomic E-state index is 5.14. The van der Waals surface area contributed by atoms with Gasteiger partial charge in [0.05, 0.1) is 16.7 Å². The summed E-state index contributed by atoms with van der Waals surface area (Å²) in [6.45, 7) is 0. The smallest absolute Gasteiger partial charge is 0.171 e. The molecule has 0 saturated heterocycles. The molecule has 5 aromatic carbocycles. The van der Waals surface area contributed by atoms with Gasteiger partial charge in [-0.15, -0.1) is 0 Å². The topological polar surface area (TPSA) is 54.6 Å². The van der Waals surface area contributed by atoms with Crippen LogP contribution in [0, 0.1) is 0 Å². The third-order valence-electron chi connectivity index (χ3n) is 6.88. The minimum absolute atomic E-state index is 0.447. The summed E-state index contributed by atoms with van der Waals surface area (Å²) < 4.78 is 2.23. The van der Waals surface area contributed by atoms with Crippen molar-refractivity contribution in [3.63, 3.8) is 0 Å². The molecule has 2 heterocycles. The average Bonchev–Trinajstić information content (AvgIpc) is 3.42. The first-order chi connectivity index (χ1) is 19.3. The van der Waals surface area contributed by atoms with Crippen molar-refractivity contribution in [1.82, 2.24) is 14.9 Å². The minimum atomic E-state index is -0.447. The predicted molar refractivity (Wildman–Crippen MR) is 158 cm³/mol. The van der Waals surface area contributed by atoms with Crippen LogP contribution in [0.3, 0.4) is 0 Å². The first-order valence-corrected chi connectivity index (χ1v) is 13.0. The molecule has 0 fully saturated rings. The highest BCUT2D eigenvalue weighted by Crippen LogP contribution is 2.34. The van der Waals surface area contributed by atoms with E-state index in [2.05, 4.69) is 88.7 Å². The number of amidine groups is 2. The largest absolute Gasteiger partial charge is 0.324 e. The lowest BCUT2D eigenvalue weighted by atomic mass is 10.1. The Balaban J connectivity index is 1.45. The molecule has 1 N–H and O–H groups in total. The molecule has 0 unspecified atom stereocenters. The van der Waals surface area contributed by atoms with E-state index < -0.39 is 6.17 Å². The van der Waals surface area contributed by atoms with Crippen LogP contribution in [0.1, 0.15) is 22.9 Å². The molecule has 5 heteroatoms. The molecule has 0 atom stereocenters. The predicted octanol–water partition coefficient (Wildman–Crippen LogP) is 7.19. The zero-order valence-electron chi connectivity index (χ0n) is 21.1. The second-order valence-electron chi connectivity index (χ2n) is 9.37. The van der Waals surface area contributed by atoms with Crippen LogP contribution in [-0.4, -0.2) is 21.2 Å². The molecule has 0 radical (unpaired) electrons. The Kier molecular flexibility index (Phi) is 5.79. The van der Waals surface area contributed by atoms with E-state index in [1.54, 1.807) is 0 Å². The fraction of sp³-hybridized carbons (Fsp3) is 0.0294. The van der Waals surface area contributed by atoms with Gasteiger partial charge < -0.3 is 5.32 Å². The van der Waals surface area contributed by atoms with E-state index in [1.165, 1.54) is 0 Å². The Morgan fingerprint density at radius 2 is 1.03 bits per heavy atom. The van der Waals surface area contributed by atoms with Crippen LogP contribution in [0.4, 0.5) is 0 Å². The quantitative estimate of drug-likeness (QED) is 0.271. The zero-order valence-corrected chi connectivity index (χ0v) is 21.1. The highest BCUT2D eigenvalue weighted by molar-refractivity contribution is 6.15. The van der Waals surface area contributed by atoms with Crippen molar-refractivity contribution >= 4 is 22.7 Å². The fourth-order valence-electron chi connectivity index (χ4n) is 5.03. The molecule has 7 rings (SSSR count). The lowest BCUT2D eigenvalue weighted by molar-refractivity contribution is 0.749. The molecule has 0 spiro atoms. The Bertz CT molecular complexity index is 1760. The number of fused-ring (bicyclic) bond motifs is 1. The maximum Gasteiger partial charge on any atom is 0.171 e. The second-order valence-corrected chi connectivity index (χ2v) is 9.37. The number of hydrogen-bond acceptors (Lipinski definition) is 4. The molecule has 5 nitrogen and oxygen atoms in total. The number of para-hydroxylation sites is 3. The van der Waals surface area contributed by atoms with Crippen molar-refractivity contribution in [2.24, 2.45) is 9.98 Å². The van der Waals surface area contributed by atoms with Gasteiger partial charge in [-0.3, -0.25) is 4.57 Å². The molecule has 39 heavy (non-hydrogen) atoms. The minimum Gasteiger partial charge on any atom is -0.324 e. The van der Waals surface area contributed by atoms with Crippen LogP contribution >= 0.6 is 0 Å². The standard InChI is InChI=1S/C34H25N5/c1-4-14-24(15-5-1)31-36-32(25-16-6-2-7-17-25)38-33(37-31)27-20-10-12-22-29(27)39-30-23-13-11-21-28(30)35-34(39)26-18-8-3-9-19-26/h1-23,33H,(H,36,37,38). The van der Waals surface area contributed by atoms with Crippen molar-refractivity contribution in [3.8, 4) is 17.1 Å². The summed E-state index contributed by atoms with van der Waals surface area (Å²) in [5.74, 6) is 2.48. The van der Waals surface area contributed by atoms with Gasteiger partial charge in [0.15, 0.2) is 6.17 Å². The Morgan fingerprint density at radius 1 is 0.513 bits per heavy atom. The normalized spacial score (nSPS) is 13.5. The van der Waals surface area contributed by atoms with E-state index in [0.29, 0.717) is 0 Å². The highest BCUT2D eigenvalue weighted by Gasteiger charge is 2.24. The molecule has 1 aliphatic rings. The Hall–Kier alpha value is -5.29. The first-order valence-electron chi connectivity index (χ1n) is 13.0. The van der Waals surface area contributed by atoms with Gasteiger partial charge in [0.2, 0.25) is 0 Å². The maximum absolute atomic E-state index is 5.14. The number of hydrogen-bond donors (Lipinski definition) is 1. The summed E-state index contributed by atoms with van der Waals surface area (Å²) in [7, 11) is 0. The third-order valence-corrected chi connectivity index (χ3v) is 6.88. The third kappa shape index (κ3) is 4.30. The van der Waals surface area contributed by atoms with Crippen molar-refractivity contribution in [1.29, 1.82) is 0 Å². The molecule has 0 saturated carbocycles. The molecule has 6 aromatic rings. The van der Waals surface area contributed by atoms with Crippen molar-refractivity contribution in [3.05, 3.63) is 156 Å². The van der Waals surface area contributed by atoms with E-state index in [-0.39, 0.29) is 0 Å². The number of imidazole rings is 1. The van der Waals surface area contributed by atoms with Gasteiger partial charge in [0, 0.05) is 22.3 Å². The number of aliphatic imine (C=N–C) groups is 2. The lowest BCUT2D eigenvalue weighted by Crippen LogP contribution is -2.36. The van der Waals surface area contributed by atoms with E-state index in [1.807, 2.05) is 60.7 Å². The summed E-state index contributed by atoms with van der Waals surface area (Å²) in [6, 6.07) is 47.4. The summed E-state index contributed by atoms with van der Waals surface area (Å²) in [6.07, 6.45) is -0.447. The second kappa shape index (κ2) is 9.88. The summed E-state index contributed by atoms with van der Waals surface area (Å²) in [4.78, 5) is 15.3. The van der Waals surface area contributed by atoms with Gasteiger partial charge in [-0.25, -0.2) is 15.0 Å². The van der Waals surface area contributed by atoms with Crippen molar-refractivity contribution in [2.75, 3.05) is 0 Å². The molecule has 1 aromatic heterocycles. The SMILES string of the molecule is c1ccc(C2=NC(c3ccccc3-n3c(-c4ccccc4)nc4ccccc43)N=C(c3ccccc3)N2)cc1. The van der Waals surface area contributed by atoms with Crippen LogP contribution < -0.4 is 5.32 Å². The molecule has 0 aliphatic carbocycles. The van der Waals surface area contributed by atoms with E-state index in [9.17, 15) is 0 Å². The number of nitrogens with one attached hydrogen (secondary N) is 1. The summed E-state index contributed by atoms with van der Waals surface area (Å²) in [5, 5.41) is 3.49. The van der Waals surface area contributed by atoms with Crippen LogP contribution in [0.2, 0.25) is 0 Å². The van der Waals surface area contributed by atoms with E-state index >= 15 is 0 Å². The highest BCUT2D eigenvalue weighted by atomic mass is 15.2. The first kappa shape index (κ1) is 22.9. The van der Waals surface area contributed by atoms with Gasteiger partial charge in [-0.2, -0.15) is 0 Å². The van der Waals surface area contributed by atoms with Crippen LogP contribution in [0.15, 0.2) is 150 Å². The molecule has 0 bridgehead atoms. The molecular formula is C34H25N5. The number of aromatic nitrogens is 2. The zero-order chi connectivity index (χ0) is 26.0.